The molecule has 13 heteroatoms. The maximum Gasteiger partial charge on any atom is 0.249 e. The third-order valence-electron chi connectivity index (χ3n) is 8.61. The number of likely N-dealkylation sites (tertiary alicyclic amines) is 1. The van der Waals surface area contributed by atoms with E-state index < -0.39 is 11.8 Å². The van der Waals surface area contributed by atoms with Crippen LogP contribution >= 0.6 is 15.9 Å². The Labute approximate surface area is 260 Å². The highest BCUT2D eigenvalue weighted by Crippen LogP contribution is 2.59. The number of nitrogens with one attached hydrogen (secondary N) is 2. The van der Waals surface area contributed by atoms with Crippen LogP contribution in [0.25, 0.3) is 22.0 Å². The van der Waals surface area contributed by atoms with Gasteiger partial charge in [-0.1, -0.05) is 19.1 Å². The molecule has 0 bridgehead atoms. The van der Waals surface area contributed by atoms with Crippen LogP contribution < -0.4 is 5.32 Å². The Morgan fingerprint density at radius 2 is 1.86 bits per heavy atom. The van der Waals surface area contributed by atoms with Gasteiger partial charge in [0.1, 0.15) is 34.5 Å². The molecule has 12 nitrogen and oxygen atoms in total. The Bertz CT molecular complexity index is 1950. The molecule has 1 aromatic carbocycles. The van der Waals surface area contributed by atoms with Crippen LogP contribution in [0.15, 0.2) is 59.7 Å². The van der Waals surface area contributed by atoms with E-state index in [1.54, 1.807) is 23.5 Å². The van der Waals surface area contributed by atoms with Crippen molar-refractivity contribution in [1.29, 1.82) is 0 Å². The second-order valence-electron chi connectivity index (χ2n) is 11.7. The summed E-state index contributed by atoms with van der Waals surface area (Å²) < 4.78 is 2.15. The van der Waals surface area contributed by atoms with Crippen molar-refractivity contribution in [2.75, 3.05) is 5.32 Å². The Kier molecular flexibility index (Phi) is 6.65. The summed E-state index contributed by atoms with van der Waals surface area (Å²) in [5.41, 5.74) is 3.07. The van der Waals surface area contributed by atoms with E-state index >= 15 is 0 Å². The summed E-state index contributed by atoms with van der Waals surface area (Å²) in [6, 6.07) is 8.56. The van der Waals surface area contributed by atoms with Crippen molar-refractivity contribution in [3.05, 3.63) is 82.6 Å². The van der Waals surface area contributed by atoms with Gasteiger partial charge in [-0.25, -0.2) is 19.9 Å². The zero-order valence-electron chi connectivity index (χ0n) is 24.2. The molecule has 0 spiro atoms. The number of hydrogen-bond donors (Lipinski definition) is 2. The molecule has 2 amide bonds. The fourth-order valence-electron chi connectivity index (χ4n) is 6.09. The summed E-state index contributed by atoms with van der Waals surface area (Å²) >= 11 is 3.36. The van der Waals surface area contributed by atoms with Gasteiger partial charge in [-0.15, -0.1) is 0 Å². The number of pyridine rings is 1. The number of amides is 2. The number of aromatic nitrogens is 7. The van der Waals surface area contributed by atoms with Gasteiger partial charge in [0, 0.05) is 41.8 Å². The molecule has 1 saturated heterocycles. The second kappa shape index (κ2) is 10.4. The number of imidazole rings is 1. The minimum absolute atomic E-state index is 0.0403. The largest absolute Gasteiger partial charge is 0.342 e. The van der Waals surface area contributed by atoms with Crippen LogP contribution in [0.5, 0.6) is 0 Å². The maximum atomic E-state index is 14.0. The van der Waals surface area contributed by atoms with Gasteiger partial charge in [-0.3, -0.25) is 19.1 Å². The van der Waals surface area contributed by atoms with Crippen molar-refractivity contribution in [2.45, 2.75) is 52.2 Å². The lowest BCUT2D eigenvalue weighted by Gasteiger charge is -2.27. The van der Waals surface area contributed by atoms with E-state index in [4.69, 9.17) is 0 Å². The van der Waals surface area contributed by atoms with Gasteiger partial charge in [-0.2, -0.15) is 5.10 Å². The molecule has 5 heterocycles. The van der Waals surface area contributed by atoms with Crippen LogP contribution in [-0.2, 0) is 16.1 Å². The van der Waals surface area contributed by atoms with Gasteiger partial charge in [0.05, 0.1) is 5.52 Å². The van der Waals surface area contributed by atoms with Crippen LogP contribution in [-0.4, -0.2) is 69.3 Å². The van der Waals surface area contributed by atoms with Crippen LogP contribution in [0.1, 0.15) is 47.5 Å². The number of halogens is 1. The van der Waals surface area contributed by atoms with Crippen molar-refractivity contribution in [3.8, 4) is 11.1 Å². The van der Waals surface area contributed by atoms with E-state index in [9.17, 15) is 14.4 Å². The molecule has 1 unspecified atom stereocenters. The first-order valence-electron chi connectivity index (χ1n) is 14.2. The number of anilines is 1. The van der Waals surface area contributed by atoms with Gasteiger partial charge in [0.2, 0.25) is 17.6 Å². The summed E-state index contributed by atoms with van der Waals surface area (Å²) in [5, 5.41) is 8.13. The van der Waals surface area contributed by atoms with Gasteiger partial charge in [0.15, 0.2) is 5.82 Å². The number of fused-ring (bicyclic) bond motifs is 2. The number of aryl methyl sites for hydroxylation is 2. The van der Waals surface area contributed by atoms with Crippen LogP contribution in [0, 0.1) is 19.3 Å². The molecule has 1 aliphatic carbocycles. The van der Waals surface area contributed by atoms with Crippen molar-refractivity contribution < 1.29 is 14.4 Å². The van der Waals surface area contributed by atoms with Gasteiger partial charge < -0.3 is 15.2 Å². The topological polar surface area (TPSA) is 152 Å². The number of benzene rings is 1. The summed E-state index contributed by atoms with van der Waals surface area (Å²) in [5.74, 6) is 0.342. The van der Waals surface area contributed by atoms with Gasteiger partial charge in [0.25, 0.3) is 0 Å². The molecular weight excluding hydrogens is 626 g/mol. The first-order valence-corrected chi connectivity index (χ1v) is 15.0. The molecule has 0 radical (unpaired) electrons. The van der Waals surface area contributed by atoms with Crippen LogP contribution in [0.4, 0.5) is 5.82 Å². The average molecular weight is 655 g/mol. The summed E-state index contributed by atoms with van der Waals surface area (Å²) in [6.45, 7) is 5.64. The minimum Gasteiger partial charge on any atom is -0.342 e. The lowest BCUT2D eigenvalue weighted by molar-refractivity contribution is -0.138. The van der Waals surface area contributed by atoms with E-state index in [1.807, 2.05) is 44.2 Å². The summed E-state index contributed by atoms with van der Waals surface area (Å²) in [4.78, 5) is 62.7. The van der Waals surface area contributed by atoms with Gasteiger partial charge >= 0.3 is 0 Å². The molecule has 2 N–H and O–H groups in total. The van der Waals surface area contributed by atoms with E-state index in [0.717, 1.165) is 23.1 Å². The highest BCUT2D eigenvalue weighted by Gasteiger charge is 2.64. The van der Waals surface area contributed by atoms with E-state index in [0.29, 0.717) is 33.6 Å². The Morgan fingerprint density at radius 1 is 1.07 bits per heavy atom. The zero-order chi connectivity index (χ0) is 30.7. The van der Waals surface area contributed by atoms with Crippen molar-refractivity contribution >= 4 is 50.2 Å². The molecule has 44 heavy (non-hydrogen) atoms. The third kappa shape index (κ3) is 4.86. The molecule has 2 aliphatic rings. The van der Waals surface area contributed by atoms with Gasteiger partial charge in [-0.05, 0) is 77.4 Å². The number of hydrogen-bond acceptors (Lipinski definition) is 8. The van der Waals surface area contributed by atoms with Crippen molar-refractivity contribution in [1.82, 2.24) is 39.6 Å². The van der Waals surface area contributed by atoms with Crippen molar-refractivity contribution in [2.24, 2.45) is 5.41 Å². The van der Waals surface area contributed by atoms with E-state index in [1.165, 1.54) is 10.9 Å². The van der Waals surface area contributed by atoms with E-state index in [-0.39, 0.29) is 41.3 Å². The molecule has 1 saturated carbocycles. The predicted octanol–water partition coefficient (Wildman–Crippen LogP) is 4.24. The fraction of sp³-hybridized carbons (Fsp3) is 0.290. The summed E-state index contributed by atoms with van der Waals surface area (Å²) in [7, 11) is 0. The molecule has 3 atom stereocenters. The Balaban J connectivity index is 1.22. The molecule has 4 aromatic heterocycles. The Morgan fingerprint density at radius 3 is 2.61 bits per heavy atom. The number of rotatable bonds is 7. The number of ketones is 1. The lowest BCUT2D eigenvalue weighted by Crippen LogP contribution is -2.47. The molecular formula is C31H28BrN9O3. The molecule has 7 rings (SSSR count). The average Bonchev–Trinajstić information content (AvgIpc) is 3.40. The third-order valence-corrected chi connectivity index (χ3v) is 9.05. The predicted molar refractivity (Wildman–Crippen MR) is 165 cm³/mol. The monoisotopic (exact) mass is 653 g/mol. The first kappa shape index (κ1) is 28.0. The number of H-pyrrole nitrogens is 1. The fourth-order valence-corrected chi connectivity index (χ4v) is 6.40. The smallest absolute Gasteiger partial charge is 0.249 e. The summed E-state index contributed by atoms with van der Waals surface area (Å²) in [6.07, 6.45) is 7.92. The van der Waals surface area contributed by atoms with Crippen LogP contribution in [0.2, 0.25) is 0 Å². The van der Waals surface area contributed by atoms with Crippen LogP contribution in [0.3, 0.4) is 0 Å². The Hall–Kier alpha value is -4.78. The highest BCUT2D eigenvalue weighted by atomic mass is 79.9. The number of carbonyl (C=O) groups excluding carboxylic acids is 3. The number of carbonyl (C=O) groups is 3. The van der Waals surface area contributed by atoms with E-state index in [2.05, 4.69) is 58.2 Å². The number of aromatic amines is 1. The minimum atomic E-state index is -0.648. The lowest BCUT2D eigenvalue weighted by atomic mass is 10.0. The second-order valence-corrected chi connectivity index (χ2v) is 12.5. The molecule has 2 fully saturated rings. The molecule has 1 aliphatic heterocycles. The number of piperidine rings is 1. The standard InChI is InChI=1S/C31H28BrN9O3/c1-16-4-7-24(32)37-28(16)38-30(44)22-11-31(3)12-23(31)41(22)25(42)15-40-21-6-5-18(19-13-35-17(2)36-14-19)10-20(21)26(39-40)27(43)29-33-8-9-34-29/h4-10,13-14,22-23H,11-12,15H2,1-3H3,(H,33,34)(H,37,38,44)/t22-,23?,31-/m0/s1. The SMILES string of the molecule is Cc1ncc(-c2ccc3c(c2)c(C(=O)c2ncc[nH]2)nn3CC(=O)N2C3C[C@]3(C)C[C@H]2C(=O)Nc2nc(Br)ccc2C)cn1. The first-order chi connectivity index (χ1) is 21.1. The van der Waals surface area contributed by atoms with Crippen molar-refractivity contribution in [3.63, 3.8) is 0 Å². The molecule has 222 valence electrons. The number of nitrogens with zero attached hydrogens (tertiary/aromatic N) is 7. The maximum absolute atomic E-state index is 14.0. The molecule has 5 aromatic rings. The normalized spacial score (nSPS) is 20.5. The zero-order valence-corrected chi connectivity index (χ0v) is 25.8. The highest BCUT2D eigenvalue weighted by molar-refractivity contribution is 9.10. The quantitative estimate of drug-likeness (QED) is 0.195.